The average molecular weight is 381 g/mol. The molecule has 4 rings (SSSR count). The van der Waals surface area contributed by atoms with Gasteiger partial charge in [-0.3, -0.25) is 4.79 Å². The molecule has 0 atom stereocenters. The van der Waals surface area contributed by atoms with Crippen molar-refractivity contribution in [3.8, 4) is 0 Å². The zero-order chi connectivity index (χ0) is 17.9. The fraction of sp³-hybridized carbons (Fsp3) is 0.238. The van der Waals surface area contributed by atoms with Gasteiger partial charge in [-0.05, 0) is 55.7 Å². The smallest absolute Gasteiger partial charge is 0.258 e. The second-order valence-electron chi connectivity index (χ2n) is 6.36. The summed E-state index contributed by atoms with van der Waals surface area (Å²) in [5, 5.41) is 3.21. The first-order valence-corrected chi connectivity index (χ1v) is 10.6. The van der Waals surface area contributed by atoms with Gasteiger partial charge in [0.05, 0.1) is 10.7 Å². The number of amides is 1. The Morgan fingerprint density at radius 1 is 1.19 bits per heavy atom. The van der Waals surface area contributed by atoms with Crippen LogP contribution in [0.1, 0.15) is 33.0 Å². The highest BCUT2D eigenvalue weighted by Crippen LogP contribution is 2.29. The number of fused-ring (bicyclic) bond motifs is 1. The summed E-state index contributed by atoms with van der Waals surface area (Å²) >= 11 is 3.43. The van der Waals surface area contributed by atoms with E-state index in [9.17, 15) is 4.79 Å². The summed E-state index contributed by atoms with van der Waals surface area (Å²) < 4.78 is 0. The summed E-state index contributed by atoms with van der Waals surface area (Å²) in [6, 6.07) is 16.2. The van der Waals surface area contributed by atoms with Gasteiger partial charge in [-0.25, -0.2) is 4.98 Å². The average Bonchev–Trinajstić information content (AvgIpc) is 3.11. The van der Waals surface area contributed by atoms with E-state index in [1.54, 1.807) is 23.1 Å². The van der Waals surface area contributed by atoms with Crippen LogP contribution >= 0.6 is 23.1 Å². The summed E-state index contributed by atoms with van der Waals surface area (Å²) in [6.45, 7) is 2.81. The molecule has 0 bridgehead atoms. The van der Waals surface area contributed by atoms with Crippen molar-refractivity contribution in [2.24, 2.45) is 0 Å². The summed E-state index contributed by atoms with van der Waals surface area (Å²) in [6.07, 6.45) is 2.06. The predicted molar refractivity (Wildman–Crippen MR) is 109 cm³/mol. The van der Waals surface area contributed by atoms with E-state index < -0.39 is 0 Å². The van der Waals surface area contributed by atoms with Crippen LogP contribution in [-0.4, -0.2) is 17.4 Å². The second kappa shape index (κ2) is 7.64. The topological polar surface area (TPSA) is 33.2 Å². The van der Waals surface area contributed by atoms with Gasteiger partial charge in [0.1, 0.15) is 0 Å². The van der Waals surface area contributed by atoms with E-state index in [0.717, 1.165) is 52.0 Å². The van der Waals surface area contributed by atoms with Gasteiger partial charge in [-0.1, -0.05) is 18.2 Å². The lowest BCUT2D eigenvalue weighted by molar-refractivity contribution is 0.0985. The third-order valence-corrected chi connectivity index (χ3v) is 6.38. The highest BCUT2D eigenvalue weighted by Gasteiger charge is 2.23. The zero-order valence-electron chi connectivity index (χ0n) is 14.6. The molecule has 1 aliphatic heterocycles. The summed E-state index contributed by atoms with van der Waals surface area (Å²) in [7, 11) is 0. The predicted octanol–water partition coefficient (Wildman–Crippen LogP) is 5.34. The standard InChI is InChI=1S/C21H20N2OS2/c1-15-22-18(13-25-15)14-26-19-10-8-17(9-11-19)21(24)23-12-4-6-16-5-2-3-7-20(16)23/h2-3,5,7-11,13H,4,6,12,14H2,1H3. The highest BCUT2D eigenvalue weighted by molar-refractivity contribution is 7.98. The molecule has 0 fully saturated rings. The molecule has 1 aliphatic rings. The van der Waals surface area contributed by atoms with Crippen molar-refractivity contribution >= 4 is 34.7 Å². The van der Waals surface area contributed by atoms with Crippen molar-refractivity contribution in [3.05, 3.63) is 75.7 Å². The Morgan fingerprint density at radius 2 is 2.00 bits per heavy atom. The maximum absolute atomic E-state index is 13.0. The number of anilines is 1. The van der Waals surface area contributed by atoms with Gasteiger partial charge in [0.15, 0.2) is 0 Å². The van der Waals surface area contributed by atoms with Gasteiger partial charge in [-0.2, -0.15) is 0 Å². The minimum absolute atomic E-state index is 0.0869. The molecule has 1 aromatic heterocycles. The van der Waals surface area contributed by atoms with E-state index in [1.807, 2.05) is 54.3 Å². The van der Waals surface area contributed by atoms with Crippen LogP contribution in [0.25, 0.3) is 0 Å². The number of carbonyl (C=O) groups excluding carboxylic acids is 1. The Kier molecular flexibility index (Phi) is 5.09. The number of aromatic nitrogens is 1. The maximum atomic E-state index is 13.0. The van der Waals surface area contributed by atoms with Crippen LogP contribution in [-0.2, 0) is 12.2 Å². The number of hydrogen-bond donors (Lipinski definition) is 0. The largest absolute Gasteiger partial charge is 0.308 e. The van der Waals surface area contributed by atoms with Gasteiger partial charge in [-0.15, -0.1) is 23.1 Å². The van der Waals surface area contributed by atoms with Gasteiger partial charge in [0, 0.05) is 33.8 Å². The Hall–Kier alpha value is -2.11. The molecule has 1 amide bonds. The van der Waals surface area contributed by atoms with Crippen molar-refractivity contribution in [1.29, 1.82) is 0 Å². The van der Waals surface area contributed by atoms with Crippen LogP contribution in [0, 0.1) is 6.92 Å². The Balaban J connectivity index is 1.46. The first-order chi connectivity index (χ1) is 12.7. The molecule has 0 saturated carbocycles. The normalized spacial score (nSPS) is 13.5. The molecule has 0 saturated heterocycles. The van der Waals surface area contributed by atoms with E-state index in [0.29, 0.717) is 0 Å². The Bertz CT molecular complexity index is 918. The quantitative estimate of drug-likeness (QED) is 0.573. The van der Waals surface area contributed by atoms with Gasteiger partial charge < -0.3 is 4.90 Å². The molecule has 26 heavy (non-hydrogen) atoms. The minimum Gasteiger partial charge on any atom is -0.308 e. The lowest BCUT2D eigenvalue weighted by Gasteiger charge is -2.29. The number of thiazole rings is 1. The van der Waals surface area contributed by atoms with Crippen molar-refractivity contribution < 1.29 is 4.79 Å². The van der Waals surface area contributed by atoms with E-state index >= 15 is 0 Å². The van der Waals surface area contributed by atoms with Crippen molar-refractivity contribution in [2.75, 3.05) is 11.4 Å². The SMILES string of the molecule is Cc1nc(CSc2ccc(C(=O)N3CCCc4ccccc43)cc2)cs1. The van der Waals surface area contributed by atoms with Gasteiger partial charge >= 0.3 is 0 Å². The zero-order valence-corrected chi connectivity index (χ0v) is 16.3. The summed E-state index contributed by atoms with van der Waals surface area (Å²) in [5.41, 5.74) is 4.18. The van der Waals surface area contributed by atoms with Crippen molar-refractivity contribution in [3.63, 3.8) is 0 Å². The molecule has 0 aliphatic carbocycles. The molecule has 0 radical (unpaired) electrons. The molecule has 132 valence electrons. The number of nitrogens with zero attached hydrogens (tertiary/aromatic N) is 2. The van der Waals surface area contributed by atoms with Crippen LogP contribution in [0.5, 0.6) is 0 Å². The molecule has 0 spiro atoms. The molecule has 2 aromatic carbocycles. The number of para-hydroxylation sites is 1. The lowest BCUT2D eigenvalue weighted by Crippen LogP contribution is -2.35. The molecule has 0 unspecified atom stereocenters. The van der Waals surface area contributed by atoms with Crippen molar-refractivity contribution in [1.82, 2.24) is 4.98 Å². The Morgan fingerprint density at radius 3 is 2.77 bits per heavy atom. The van der Waals surface area contributed by atoms with Crippen LogP contribution in [0.4, 0.5) is 5.69 Å². The highest BCUT2D eigenvalue weighted by atomic mass is 32.2. The first-order valence-electron chi connectivity index (χ1n) is 8.74. The lowest BCUT2D eigenvalue weighted by atomic mass is 10.0. The van der Waals surface area contributed by atoms with Crippen LogP contribution in [0.2, 0.25) is 0 Å². The molecule has 3 nitrogen and oxygen atoms in total. The monoisotopic (exact) mass is 380 g/mol. The number of thioether (sulfide) groups is 1. The third kappa shape index (κ3) is 3.69. The van der Waals surface area contributed by atoms with Crippen LogP contribution in [0.3, 0.4) is 0 Å². The number of hydrogen-bond acceptors (Lipinski definition) is 4. The molecule has 3 aromatic rings. The summed E-state index contributed by atoms with van der Waals surface area (Å²) in [4.78, 5) is 20.5. The molecular weight excluding hydrogens is 360 g/mol. The van der Waals surface area contributed by atoms with E-state index in [2.05, 4.69) is 16.4 Å². The minimum atomic E-state index is 0.0869. The van der Waals surface area contributed by atoms with E-state index in [1.165, 1.54) is 5.56 Å². The van der Waals surface area contributed by atoms with Crippen LogP contribution in [0.15, 0.2) is 58.8 Å². The Labute approximate surface area is 162 Å². The number of rotatable bonds is 4. The third-order valence-electron chi connectivity index (χ3n) is 4.51. The molecule has 5 heteroatoms. The van der Waals surface area contributed by atoms with Crippen molar-refractivity contribution in [2.45, 2.75) is 30.4 Å². The number of carbonyl (C=O) groups is 1. The summed E-state index contributed by atoms with van der Waals surface area (Å²) in [5.74, 6) is 0.945. The fourth-order valence-corrected chi connectivity index (χ4v) is 4.74. The number of benzene rings is 2. The van der Waals surface area contributed by atoms with E-state index in [4.69, 9.17) is 0 Å². The van der Waals surface area contributed by atoms with E-state index in [-0.39, 0.29) is 5.91 Å². The molecule has 0 N–H and O–H groups in total. The number of aryl methyl sites for hydroxylation is 2. The molecule has 2 heterocycles. The van der Waals surface area contributed by atoms with Gasteiger partial charge in [0.25, 0.3) is 5.91 Å². The molecular formula is C21H20N2OS2. The first kappa shape index (κ1) is 17.3. The maximum Gasteiger partial charge on any atom is 0.258 e. The van der Waals surface area contributed by atoms with Crippen LogP contribution < -0.4 is 4.90 Å². The van der Waals surface area contributed by atoms with Gasteiger partial charge in [0.2, 0.25) is 0 Å². The fourth-order valence-electron chi connectivity index (χ4n) is 3.23. The second-order valence-corrected chi connectivity index (χ2v) is 8.47.